The second-order valence-corrected chi connectivity index (χ2v) is 17.8. The molecule has 0 bridgehead atoms. The number of hydrogen-bond donors (Lipinski definition) is 13. The van der Waals surface area contributed by atoms with E-state index in [-0.39, 0.29) is 45.1 Å². The second-order valence-electron chi connectivity index (χ2n) is 17.8. The molecule has 1 aromatic heterocycles. The molecule has 10 atom stereocenters. The van der Waals surface area contributed by atoms with Crippen molar-refractivity contribution in [2.45, 2.75) is 126 Å². The van der Waals surface area contributed by atoms with Crippen LogP contribution in [0.25, 0.3) is 10.9 Å². The molecular formula is C51H68N10O10. The van der Waals surface area contributed by atoms with Crippen molar-refractivity contribution in [1.82, 2.24) is 42.2 Å². The molecule has 0 unspecified atom stereocenters. The van der Waals surface area contributed by atoms with Crippen LogP contribution in [0.1, 0.15) is 62.6 Å². The summed E-state index contributed by atoms with van der Waals surface area (Å²) in [5, 5.41) is 50.4. The lowest BCUT2D eigenvalue weighted by Gasteiger charge is -2.29. The van der Waals surface area contributed by atoms with E-state index in [0.717, 1.165) is 16.5 Å². The Labute approximate surface area is 412 Å². The molecule has 1 aliphatic heterocycles. The molecular weight excluding hydrogens is 913 g/mol. The van der Waals surface area contributed by atoms with Gasteiger partial charge in [-0.2, -0.15) is 0 Å². The van der Waals surface area contributed by atoms with E-state index < -0.39 is 108 Å². The molecule has 4 aromatic rings. The van der Waals surface area contributed by atoms with Gasteiger partial charge in [0.05, 0.1) is 30.9 Å². The number of benzene rings is 3. The summed E-state index contributed by atoms with van der Waals surface area (Å²) in [7, 11) is 0. The Morgan fingerprint density at radius 3 is 1.94 bits per heavy atom. The zero-order valence-electron chi connectivity index (χ0n) is 40.0. The van der Waals surface area contributed by atoms with E-state index in [9.17, 15) is 48.9 Å². The Balaban J connectivity index is 1.59. The van der Waals surface area contributed by atoms with E-state index in [1.165, 1.54) is 26.0 Å². The van der Waals surface area contributed by atoms with E-state index in [2.05, 4.69) is 42.2 Å². The fourth-order valence-electron chi connectivity index (χ4n) is 8.06. The number of carbonyl (C=O) groups excluding carboxylic acids is 7. The van der Waals surface area contributed by atoms with Gasteiger partial charge in [0, 0.05) is 29.9 Å². The molecule has 382 valence electrons. The minimum Gasteiger partial charge on any atom is -0.394 e. The topological polar surface area (TPSA) is 332 Å². The highest BCUT2D eigenvalue weighted by Gasteiger charge is 2.36. The average Bonchev–Trinajstić information content (AvgIpc) is 3.76. The first-order valence-electron chi connectivity index (χ1n) is 23.9. The van der Waals surface area contributed by atoms with Crippen LogP contribution in [-0.2, 0) is 52.8 Å². The normalized spacial score (nSPS) is 23.1. The number of para-hydroxylation sites is 1. The molecule has 0 saturated heterocycles. The van der Waals surface area contributed by atoms with Gasteiger partial charge in [0.15, 0.2) is 0 Å². The number of aromatic amines is 1. The zero-order valence-corrected chi connectivity index (χ0v) is 40.0. The molecule has 0 saturated carbocycles. The number of aromatic nitrogens is 1. The number of hydrogen-bond acceptors (Lipinski definition) is 12. The lowest BCUT2D eigenvalue weighted by Crippen LogP contribution is -2.62. The van der Waals surface area contributed by atoms with Crippen LogP contribution in [-0.4, -0.2) is 135 Å². The zero-order chi connectivity index (χ0) is 51.5. The van der Waals surface area contributed by atoms with Crippen molar-refractivity contribution >= 4 is 52.3 Å². The number of nitrogens with two attached hydrogens (primary N) is 2. The first-order valence-corrected chi connectivity index (χ1v) is 23.9. The predicted octanol–water partition coefficient (Wildman–Crippen LogP) is -0.850. The molecule has 3 aromatic carbocycles. The summed E-state index contributed by atoms with van der Waals surface area (Å²) < 4.78 is 0. The third-order valence-electron chi connectivity index (χ3n) is 12.2. The quantitative estimate of drug-likeness (QED) is 0.0455. The molecule has 0 spiro atoms. The van der Waals surface area contributed by atoms with Gasteiger partial charge >= 0.3 is 0 Å². The van der Waals surface area contributed by atoms with Crippen molar-refractivity contribution in [2.24, 2.45) is 11.5 Å². The fourth-order valence-corrected chi connectivity index (χ4v) is 8.06. The standard InChI is InChI=1S/C51H68N10O10/c1-30(63)43(29-62)60-47(67)39-22-12-11-21-38(55-45(65)36(53)25-32-15-5-3-6-16-32)46(66)58-41(26-33-17-7-4-8-18-33)49(69)59-42(27-34-28-54-37-20-10-9-19-35(34)37)50(70)56-40(23-13-14-24-52)48(68)61-44(31(2)64)51(71)57-39/h3-12,15-20,28,30-31,36,38-44,54,62-64H,13-14,21-27,29,52-53H2,1-2H3,(H,55,65)(H,56,70)(H,57,71)(H,58,66)(H,59,69)(H,60,67)(H,61,68)/b12-11-/t30-,31-,36-,38+,39+,40+,41+,42-,43-,44+/m1/s1. The van der Waals surface area contributed by atoms with E-state index in [1.54, 1.807) is 60.8 Å². The number of amides is 7. The average molecular weight is 981 g/mol. The minimum atomic E-state index is -1.67. The minimum absolute atomic E-state index is 0.0309. The molecule has 0 fully saturated rings. The van der Waals surface area contributed by atoms with E-state index in [1.807, 2.05) is 30.3 Å². The van der Waals surface area contributed by atoms with Crippen LogP contribution in [0.15, 0.2) is 103 Å². The lowest BCUT2D eigenvalue weighted by atomic mass is 10.0. The van der Waals surface area contributed by atoms with Gasteiger partial charge in [-0.3, -0.25) is 33.6 Å². The molecule has 0 radical (unpaired) electrons. The largest absolute Gasteiger partial charge is 0.394 e. The summed E-state index contributed by atoms with van der Waals surface area (Å²) in [5.41, 5.74) is 15.0. The van der Waals surface area contributed by atoms with Crippen LogP contribution in [0.2, 0.25) is 0 Å². The highest BCUT2D eigenvalue weighted by atomic mass is 16.3. The molecule has 15 N–H and O–H groups in total. The SMILES string of the molecule is C[C@@H](O)[C@@H]1NC(=O)[C@H](CCCCN)NC(=O)[C@@H](Cc2c[nH]c3ccccc23)NC(=O)[C@H](Cc2ccccc2)NC(=O)[C@@H](NC(=O)[C@H](N)Cc2ccccc2)C/C=C\C[C@@H](C(=O)N[C@H](CO)[C@@H](C)O)NC1=O. The molecule has 1 aliphatic rings. The summed E-state index contributed by atoms with van der Waals surface area (Å²) in [5.74, 6) is -5.72. The highest BCUT2D eigenvalue weighted by molar-refractivity contribution is 5.98. The Kier molecular flexibility index (Phi) is 21.2. The van der Waals surface area contributed by atoms with Crippen molar-refractivity contribution in [3.63, 3.8) is 0 Å². The number of H-pyrrole nitrogens is 1. The highest BCUT2D eigenvalue weighted by Crippen LogP contribution is 2.20. The maximum Gasteiger partial charge on any atom is 0.245 e. The van der Waals surface area contributed by atoms with Gasteiger partial charge in [-0.15, -0.1) is 0 Å². The Morgan fingerprint density at radius 2 is 1.30 bits per heavy atom. The summed E-state index contributed by atoms with van der Waals surface area (Å²) in [6, 6.07) is 14.5. The predicted molar refractivity (Wildman–Crippen MR) is 266 cm³/mol. The van der Waals surface area contributed by atoms with Crippen LogP contribution in [0.5, 0.6) is 0 Å². The molecule has 7 amide bonds. The third kappa shape index (κ3) is 16.6. The number of nitrogens with one attached hydrogen (secondary N) is 8. The number of aliphatic hydroxyl groups excluding tert-OH is 3. The molecule has 5 rings (SSSR count). The van der Waals surface area contributed by atoms with Crippen LogP contribution < -0.4 is 48.7 Å². The molecule has 20 heteroatoms. The Bertz CT molecular complexity index is 2430. The van der Waals surface area contributed by atoms with Gasteiger partial charge in [-0.05, 0) is 81.7 Å². The van der Waals surface area contributed by atoms with Crippen molar-refractivity contribution in [3.8, 4) is 0 Å². The van der Waals surface area contributed by atoms with Gasteiger partial charge in [0.2, 0.25) is 41.4 Å². The van der Waals surface area contributed by atoms with Crippen molar-refractivity contribution in [3.05, 3.63) is 120 Å². The van der Waals surface area contributed by atoms with Crippen LogP contribution in [0.4, 0.5) is 0 Å². The number of unbranched alkanes of at least 4 members (excludes halogenated alkanes) is 1. The smallest absolute Gasteiger partial charge is 0.245 e. The number of fused-ring (bicyclic) bond motifs is 1. The lowest BCUT2D eigenvalue weighted by molar-refractivity contribution is -0.137. The van der Waals surface area contributed by atoms with Crippen LogP contribution >= 0.6 is 0 Å². The van der Waals surface area contributed by atoms with Crippen molar-refractivity contribution < 1.29 is 48.9 Å². The van der Waals surface area contributed by atoms with Crippen LogP contribution in [0, 0.1) is 0 Å². The Hall–Kier alpha value is -6.97. The van der Waals surface area contributed by atoms with E-state index in [0.29, 0.717) is 24.0 Å². The van der Waals surface area contributed by atoms with Gasteiger partial charge in [0.25, 0.3) is 0 Å². The van der Waals surface area contributed by atoms with Gasteiger partial charge in [-0.1, -0.05) is 91.0 Å². The summed E-state index contributed by atoms with van der Waals surface area (Å²) in [6.07, 6.45) is 2.26. The van der Waals surface area contributed by atoms with E-state index >= 15 is 0 Å². The molecule has 0 aliphatic carbocycles. The van der Waals surface area contributed by atoms with Gasteiger partial charge in [-0.25, -0.2) is 0 Å². The van der Waals surface area contributed by atoms with Crippen LogP contribution in [0.3, 0.4) is 0 Å². The summed E-state index contributed by atoms with van der Waals surface area (Å²) in [6.45, 7) is 2.21. The first-order chi connectivity index (χ1) is 34.1. The maximum absolute atomic E-state index is 14.7. The van der Waals surface area contributed by atoms with Crippen molar-refractivity contribution in [2.75, 3.05) is 13.2 Å². The molecule has 71 heavy (non-hydrogen) atoms. The number of carbonyl (C=O) groups is 7. The van der Waals surface area contributed by atoms with E-state index in [4.69, 9.17) is 11.5 Å². The summed E-state index contributed by atoms with van der Waals surface area (Å²) in [4.78, 5) is 103. The van der Waals surface area contributed by atoms with Gasteiger partial charge < -0.3 is 69.0 Å². The number of aliphatic hydroxyl groups is 3. The number of rotatable bonds is 17. The molecule has 2 heterocycles. The third-order valence-corrected chi connectivity index (χ3v) is 12.2. The van der Waals surface area contributed by atoms with Gasteiger partial charge in [0.1, 0.15) is 36.3 Å². The van der Waals surface area contributed by atoms with Crippen molar-refractivity contribution in [1.29, 1.82) is 0 Å². The second kappa shape index (κ2) is 27.4. The first kappa shape index (κ1) is 55.0. The fraction of sp³-hybridized carbons (Fsp3) is 0.431. The monoisotopic (exact) mass is 981 g/mol. The molecule has 20 nitrogen and oxygen atoms in total. The maximum atomic E-state index is 14.7. The Morgan fingerprint density at radius 1 is 0.704 bits per heavy atom. The summed E-state index contributed by atoms with van der Waals surface area (Å²) >= 11 is 0.